The number of alkyl halides is 3. The van der Waals surface area contributed by atoms with Crippen LogP contribution in [0, 0.1) is 0 Å². The van der Waals surface area contributed by atoms with Crippen LogP contribution in [-0.2, 0) is 13.2 Å². The van der Waals surface area contributed by atoms with Crippen LogP contribution in [0.1, 0.15) is 5.56 Å². The number of benzene rings is 3. The lowest BCUT2D eigenvalue weighted by molar-refractivity contribution is -0.137. The normalized spacial score (nSPS) is 11.8. The van der Waals surface area contributed by atoms with Crippen LogP contribution in [0.4, 0.5) is 13.2 Å². The van der Waals surface area contributed by atoms with Gasteiger partial charge in [-0.05, 0) is 23.3 Å². The average Bonchev–Trinajstić information content (AvgIpc) is 2.93. The van der Waals surface area contributed by atoms with Crippen molar-refractivity contribution < 1.29 is 13.2 Å². The Bertz CT molecular complexity index is 1060. The third-order valence-electron chi connectivity index (χ3n) is 4.62. The Labute approximate surface area is 149 Å². The number of hydrogen-bond donors (Lipinski definition) is 0. The van der Waals surface area contributed by atoms with Crippen LogP contribution in [0.15, 0.2) is 78.9 Å². The van der Waals surface area contributed by atoms with Gasteiger partial charge in [-0.2, -0.15) is 13.2 Å². The van der Waals surface area contributed by atoms with Crippen molar-refractivity contribution in [2.75, 3.05) is 0 Å². The maximum absolute atomic E-state index is 13.3. The minimum Gasteiger partial charge on any atom is -0.343 e. The van der Waals surface area contributed by atoms with Crippen LogP contribution in [-0.4, -0.2) is 4.57 Å². The zero-order valence-corrected chi connectivity index (χ0v) is 14.1. The molecule has 0 saturated heterocycles. The number of hydrogen-bond acceptors (Lipinski definition) is 0. The van der Waals surface area contributed by atoms with Gasteiger partial charge in [0.2, 0.25) is 0 Å². The maximum atomic E-state index is 13.3. The molecule has 4 rings (SSSR count). The van der Waals surface area contributed by atoms with Gasteiger partial charge in [0.15, 0.2) is 0 Å². The molecule has 4 heteroatoms. The van der Waals surface area contributed by atoms with Crippen molar-refractivity contribution in [1.82, 2.24) is 4.57 Å². The summed E-state index contributed by atoms with van der Waals surface area (Å²) in [6.07, 6.45) is -4.37. The average molecular weight is 351 g/mol. The van der Waals surface area contributed by atoms with Crippen molar-refractivity contribution in [1.29, 1.82) is 0 Å². The highest BCUT2D eigenvalue weighted by Gasteiger charge is 2.31. The molecular weight excluding hydrogens is 335 g/mol. The molecule has 0 N–H and O–H groups in total. The van der Waals surface area contributed by atoms with E-state index < -0.39 is 11.7 Å². The van der Waals surface area contributed by atoms with Gasteiger partial charge in [0.05, 0.1) is 17.0 Å². The summed E-state index contributed by atoms with van der Waals surface area (Å²) in [5.74, 6) is 0. The smallest absolute Gasteiger partial charge is 0.343 e. The molecule has 0 radical (unpaired) electrons. The van der Waals surface area contributed by atoms with Crippen molar-refractivity contribution in [3.8, 4) is 22.5 Å². The zero-order valence-electron chi connectivity index (χ0n) is 14.1. The standard InChI is InChI=1S/C22H16F3N/c1-26-20(15-8-4-2-5-9-15)18-13-12-17(22(23,24)25)14-19(18)21(26)16-10-6-3-7-11-16/h2-14H,1H3. The lowest BCUT2D eigenvalue weighted by Crippen LogP contribution is -2.04. The van der Waals surface area contributed by atoms with E-state index in [-0.39, 0.29) is 0 Å². The Kier molecular flexibility index (Phi) is 3.83. The third-order valence-corrected chi connectivity index (χ3v) is 4.62. The monoisotopic (exact) mass is 351 g/mol. The predicted octanol–water partition coefficient (Wildman–Crippen LogP) is 6.53. The van der Waals surface area contributed by atoms with Gasteiger partial charge in [-0.25, -0.2) is 0 Å². The second-order valence-electron chi connectivity index (χ2n) is 6.25. The van der Waals surface area contributed by atoms with Crippen LogP contribution in [0.2, 0.25) is 0 Å². The minimum absolute atomic E-state index is 0.604. The molecule has 0 amide bonds. The lowest BCUT2D eigenvalue weighted by atomic mass is 10.0. The van der Waals surface area contributed by atoms with E-state index in [1.807, 2.05) is 72.3 Å². The fourth-order valence-electron chi connectivity index (χ4n) is 3.49. The van der Waals surface area contributed by atoms with Crippen molar-refractivity contribution >= 4 is 10.8 Å². The molecular formula is C22H16F3N. The van der Waals surface area contributed by atoms with Gasteiger partial charge in [0.1, 0.15) is 0 Å². The van der Waals surface area contributed by atoms with Gasteiger partial charge in [-0.15, -0.1) is 0 Å². The SMILES string of the molecule is Cn1c(-c2ccccc2)c2ccc(C(F)(F)F)cc2c1-c1ccccc1. The highest BCUT2D eigenvalue weighted by Crippen LogP contribution is 2.41. The molecule has 0 fully saturated rings. The molecule has 0 unspecified atom stereocenters. The molecule has 0 saturated carbocycles. The largest absolute Gasteiger partial charge is 0.416 e. The number of aromatic nitrogens is 1. The Balaban J connectivity index is 2.10. The summed E-state index contributed by atoms with van der Waals surface area (Å²) >= 11 is 0. The van der Waals surface area contributed by atoms with E-state index in [2.05, 4.69) is 0 Å². The maximum Gasteiger partial charge on any atom is 0.416 e. The molecule has 3 aromatic carbocycles. The molecule has 1 heterocycles. The van der Waals surface area contributed by atoms with Gasteiger partial charge in [-0.3, -0.25) is 0 Å². The summed E-state index contributed by atoms with van der Waals surface area (Å²) in [4.78, 5) is 0. The van der Waals surface area contributed by atoms with Gasteiger partial charge >= 0.3 is 6.18 Å². The van der Waals surface area contributed by atoms with Crippen LogP contribution in [0.3, 0.4) is 0 Å². The van der Waals surface area contributed by atoms with Crippen LogP contribution in [0.25, 0.3) is 33.3 Å². The van der Waals surface area contributed by atoms with Crippen molar-refractivity contribution in [2.24, 2.45) is 7.05 Å². The number of nitrogens with zero attached hydrogens (tertiary/aromatic N) is 1. The first-order chi connectivity index (χ1) is 12.5. The predicted molar refractivity (Wildman–Crippen MR) is 98.8 cm³/mol. The molecule has 1 aromatic heterocycles. The third kappa shape index (κ3) is 2.68. The number of rotatable bonds is 2. The first-order valence-electron chi connectivity index (χ1n) is 8.27. The Morgan fingerprint density at radius 2 is 1.15 bits per heavy atom. The van der Waals surface area contributed by atoms with Crippen molar-refractivity contribution in [2.45, 2.75) is 6.18 Å². The molecule has 0 aliphatic carbocycles. The van der Waals surface area contributed by atoms with Crippen molar-refractivity contribution in [3.05, 3.63) is 84.4 Å². The molecule has 0 atom stereocenters. The molecule has 0 aliphatic heterocycles. The Morgan fingerprint density at radius 3 is 1.65 bits per heavy atom. The van der Waals surface area contributed by atoms with Gasteiger partial charge in [-0.1, -0.05) is 66.7 Å². The topological polar surface area (TPSA) is 4.93 Å². The molecule has 4 aromatic rings. The second kappa shape index (κ2) is 6.06. The molecule has 0 bridgehead atoms. The van der Waals surface area contributed by atoms with Crippen molar-refractivity contribution in [3.63, 3.8) is 0 Å². The van der Waals surface area contributed by atoms with Crippen LogP contribution >= 0.6 is 0 Å². The van der Waals surface area contributed by atoms with Gasteiger partial charge in [0, 0.05) is 17.8 Å². The lowest BCUT2D eigenvalue weighted by Gasteiger charge is -2.09. The fourth-order valence-corrected chi connectivity index (χ4v) is 3.49. The van der Waals surface area contributed by atoms with Gasteiger partial charge < -0.3 is 4.57 Å². The van der Waals surface area contributed by atoms with E-state index in [1.165, 1.54) is 6.07 Å². The van der Waals surface area contributed by atoms with E-state index in [0.717, 1.165) is 34.0 Å². The highest BCUT2D eigenvalue weighted by atomic mass is 19.4. The van der Waals surface area contributed by atoms with Gasteiger partial charge in [0.25, 0.3) is 0 Å². The zero-order chi connectivity index (χ0) is 18.3. The summed E-state index contributed by atoms with van der Waals surface area (Å²) in [6, 6.07) is 23.2. The fraction of sp³-hybridized carbons (Fsp3) is 0.0909. The van der Waals surface area contributed by atoms with E-state index >= 15 is 0 Å². The number of fused-ring (bicyclic) bond motifs is 1. The quantitative estimate of drug-likeness (QED) is 0.387. The summed E-state index contributed by atoms with van der Waals surface area (Å²) in [7, 11) is 1.90. The Hall–Kier alpha value is -3.01. The molecule has 130 valence electrons. The van der Waals surface area contributed by atoms with Crippen LogP contribution in [0.5, 0.6) is 0 Å². The number of halogens is 3. The van der Waals surface area contributed by atoms with E-state index in [9.17, 15) is 13.2 Å². The van der Waals surface area contributed by atoms with E-state index in [1.54, 1.807) is 6.07 Å². The Morgan fingerprint density at radius 1 is 0.654 bits per heavy atom. The molecule has 26 heavy (non-hydrogen) atoms. The van der Waals surface area contributed by atoms with E-state index in [0.29, 0.717) is 5.39 Å². The highest BCUT2D eigenvalue weighted by molar-refractivity contribution is 6.05. The first-order valence-corrected chi connectivity index (χ1v) is 8.27. The summed E-state index contributed by atoms with van der Waals surface area (Å²) in [5.41, 5.74) is 2.93. The van der Waals surface area contributed by atoms with E-state index in [4.69, 9.17) is 0 Å². The molecule has 1 nitrogen and oxygen atoms in total. The summed E-state index contributed by atoms with van der Waals surface area (Å²) in [5, 5.41) is 1.41. The molecule has 0 aliphatic rings. The summed E-state index contributed by atoms with van der Waals surface area (Å²) in [6.45, 7) is 0. The summed E-state index contributed by atoms with van der Waals surface area (Å²) < 4.78 is 41.8. The first kappa shape index (κ1) is 16.5. The minimum atomic E-state index is -4.37. The second-order valence-corrected chi connectivity index (χ2v) is 6.25. The van der Waals surface area contributed by atoms with Crippen LogP contribution < -0.4 is 0 Å². The molecule has 0 spiro atoms.